The highest BCUT2D eigenvalue weighted by molar-refractivity contribution is 7.91. The highest BCUT2D eigenvalue weighted by atomic mass is 32.2. The molecule has 27 heavy (non-hydrogen) atoms. The third-order valence-electron chi connectivity index (χ3n) is 4.87. The van der Waals surface area contributed by atoms with Gasteiger partial charge in [-0.05, 0) is 31.0 Å². The molecule has 1 saturated heterocycles. The number of carbonyl (C=O) groups is 1. The Balaban J connectivity index is 1.69. The van der Waals surface area contributed by atoms with Gasteiger partial charge < -0.3 is 9.80 Å². The number of rotatable bonds is 6. The van der Waals surface area contributed by atoms with Crippen LogP contribution in [0.3, 0.4) is 0 Å². The first kappa shape index (κ1) is 19.3. The summed E-state index contributed by atoms with van der Waals surface area (Å²) in [6, 6.07) is 13.1. The van der Waals surface area contributed by atoms with Crippen molar-refractivity contribution in [2.75, 3.05) is 30.0 Å². The molecular formula is C19H24N4O3S. The van der Waals surface area contributed by atoms with E-state index >= 15 is 0 Å². The smallest absolute Gasteiger partial charge is 0.274 e. The van der Waals surface area contributed by atoms with Crippen LogP contribution in [0.15, 0.2) is 42.5 Å². The van der Waals surface area contributed by atoms with Crippen LogP contribution >= 0.6 is 0 Å². The molecule has 1 aliphatic rings. The number of hydrogen-bond acceptors (Lipinski definition) is 6. The minimum atomic E-state index is -2.97. The number of anilines is 1. The molecule has 144 valence electrons. The standard InChI is InChI=1S/C19H24N4O3S/c1-3-23(13-15-7-5-4-6-8-15)19(24)17-9-10-18(21-20-17)22(2)16-11-12-27(25,26)14-16/h4-10,16H,3,11-14H2,1-2H3. The molecule has 1 aromatic heterocycles. The van der Waals surface area contributed by atoms with E-state index in [1.54, 1.807) is 17.0 Å². The topological polar surface area (TPSA) is 83.5 Å². The van der Waals surface area contributed by atoms with Gasteiger partial charge in [0.15, 0.2) is 21.3 Å². The van der Waals surface area contributed by atoms with E-state index in [4.69, 9.17) is 0 Å². The van der Waals surface area contributed by atoms with Crippen molar-refractivity contribution in [3.63, 3.8) is 0 Å². The number of nitrogens with zero attached hydrogens (tertiary/aromatic N) is 4. The van der Waals surface area contributed by atoms with Gasteiger partial charge in [-0.2, -0.15) is 0 Å². The van der Waals surface area contributed by atoms with E-state index in [0.717, 1.165) is 5.56 Å². The lowest BCUT2D eigenvalue weighted by Gasteiger charge is -2.24. The summed E-state index contributed by atoms with van der Waals surface area (Å²) in [6.45, 7) is 3.01. The molecule has 2 aromatic rings. The van der Waals surface area contributed by atoms with Crippen LogP contribution in [0.25, 0.3) is 0 Å². The van der Waals surface area contributed by atoms with E-state index in [9.17, 15) is 13.2 Å². The predicted octanol–water partition coefficient (Wildman–Crippen LogP) is 1.76. The second-order valence-electron chi connectivity index (χ2n) is 6.75. The largest absolute Gasteiger partial charge is 0.354 e. The second kappa shape index (κ2) is 8.04. The number of hydrogen-bond donors (Lipinski definition) is 0. The highest BCUT2D eigenvalue weighted by Crippen LogP contribution is 2.21. The quantitative estimate of drug-likeness (QED) is 0.750. The molecule has 1 unspecified atom stereocenters. The molecule has 0 aliphatic carbocycles. The second-order valence-corrected chi connectivity index (χ2v) is 8.98. The van der Waals surface area contributed by atoms with Crippen molar-refractivity contribution in [2.45, 2.75) is 25.9 Å². The van der Waals surface area contributed by atoms with Crippen LogP contribution in [0, 0.1) is 0 Å². The molecule has 1 aromatic carbocycles. The number of aromatic nitrogens is 2. The van der Waals surface area contributed by atoms with Gasteiger partial charge in [0.1, 0.15) is 0 Å². The van der Waals surface area contributed by atoms with E-state index in [-0.39, 0.29) is 29.1 Å². The first-order valence-corrected chi connectivity index (χ1v) is 10.8. The van der Waals surface area contributed by atoms with Crippen LogP contribution in [0.5, 0.6) is 0 Å². The number of amides is 1. The molecule has 0 N–H and O–H groups in total. The third kappa shape index (κ3) is 4.63. The first-order chi connectivity index (χ1) is 12.9. The molecule has 0 spiro atoms. The third-order valence-corrected chi connectivity index (χ3v) is 6.62. The highest BCUT2D eigenvalue weighted by Gasteiger charge is 2.31. The maximum Gasteiger partial charge on any atom is 0.274 e. The monoisotopic (exact) mass is 388 g/mol. The van der Waals surface area contributed by atoms with Crippen molar-refractivity contribution < 1.29 is 13.2 Å². The summed E-state index contributed by atoms with van der Waals surface area (Å²) >= 11 is 0. The lowest BCUT2D eigenvalue weighted by atomic mass is 10.2. The van der Waals surface area contributed by atoms with Gasteiger partial charge >= 0.3 is 0 Å². The minimum Gasteiger partial charge on any atom is -0.354 e. The average Bonchev–Trinajstić information content (AvgIpc) is 3.05. The maximum atomic E-state index is 12.7. The molecule has 2 heterocycles. The number of benzene rings is 1. The Morgan fingerprint density at radius 3 is 2.44 bits per heavy atom. The van der Waals surface area contributed by atoms with Gasteiger partial charge in [0.05, 0.1) is 11.5 Å². The van der Waals surface area contributed by atoms with E-state index in [1.165, 1.54) is 0 Å². The predicted molar refractivity (Wildman–Crippen MR) is 104 cm³/mol. The zero-order valence-corrected chi connectivity index (χ0v) is 16.4. The normalized spacial score (nSPS) is 18.2. The van der Waals surface area contributed by atoms with Gasteiger partial charge in [-0.1, -0.05) is 30.3 Å². The van der Waals surface area contributed by atoms with Gasteiger partial charge in [0, 0.05) is 26.2 Å². The van der Waals surface area contributed by atoms with Crippen molar-refractivity contribution in [2.24, 2.45) is 0 Å². The van der Waals surface area contributed by atoms with Gasteiger partial charge in [0.2, 0.25) is 0 Å². The van der Waals surface area contributed by atoms with Crippen molar-refractivity contribution >= 4 is 21.6 Å². The summed E-state index contributed by atoms with van der Waals surface area (Å²) in [7, 11) is -1.15. The van der Waals surface area contributed by atoms with Gasteiger partial charge in [0.25, 0.3) is 5.91 Å². The first-order valence-electron chi connectivity index (χ1n) is 9.00. The van der Waals surface area contributed by atoms with Gasteiger partial charge in [-0.25, -0.2) is 8.42 Å². The van der Waals surface area contributed by atoms with Crippen LogP contribution in [-0.4, -0.2) is 60.6 Å². The fourth-order valence-electron chi connectivity index (χ4n) is 3.19. The summed E-state index contributed by atoms with van der Waals surface area (Å²) in [5.41, 5.74) is 1.34. The summed E-state index contributed by atoms with van der Waals surface area (Å²) in [5.74, 6) is 0.731. The molecule has 3 rings (SSSR count). The molecule has 1 fully saturated rings. The average molecular weight is 388 g/mol. The minimum absolute atomic E-state index is 0.101. The summed E-state index contributed by atoms with van der Waals surface area (Å²) in [5, 5.41) is 8.23. The van der Waals surface area contributed by atoms with E-state index < -0.39 is 9.84 Å². The zero-order chi connectivity index (χ0) is 19.4. The van der Waals surface area contributed by atoms with Gasteiger partial charge in [-0.3, -0.25) is 4.79 Å². The Labute approximate surface area is 159 Å². The molecule has 0 bridgehead atoms. The summed E-state index contributed by atoms with van der Waals surface area (Å²) < 4.78 is 23.3. The SMILES string of the molecule is CCN(Cc1ccccc1)C(=O)c1ccc(N(C)C2CCS(=O)(=O)C2)nn1. The van der Waals surface area contributed by atoms with E-state index in [0.29, 0.717) is 25.3 Å². The van der Waals surface area contributed by atoms with Crippen LogP contribution in [0.2, 0.25) is 0 Å². The fourth-order valence-corrected chi connectivity index (χ4v) is 4.96. The Morgan fingerprint density at radius 1 is 1.15 bits per heavy atom. The summed E-state index contributed by atoms with van der Waals surface area (Å²) in [4.78, 5) is 16.3. The lowest BCUT2D eigenvalue weighted by Crippen LogP contribution is -2.34. The molecule has 1 atom stereocenters. The fraction of sp³-hybridized carbons (Fsp3) is 0.421. The van der Waals surface area contributed by atoms with Crippen molar-refractivity contribution in [3.05, 3.63) is 53.7 Å². The summed E-state index contributed by atoms with van der Waals surface area (Å²) in [6.07, 6.45) is 0.585. The molecule has 1 aliphatic heterocycles. The maximum absolute atomic E-state index is 12.7. The zero-order valence-electron chi connectivity index (χ0n) is 15.6. The Kier molecular flexibility index (Phi) is 5.74. The molecular weight excluding hydrogens is 364 g/mol. The van der Waals surface area contributed by atoms with Gasteiger partial charge in [-0.15, -0.1) is 10.2 Å². The lowest BCUT2D eigenvalue weighted by molar-refractivity contribution is 0.0745. The Hall–Kier alpha value is -2.48. The molecule has 8 heteroatoms. The number of carbonyl (C=O) groups excluding carboxylic acids is 1. The molecule has 7 nitrogen and oxygen atoms in total. The van der Waals surface area contributed by atoms with Crippen LogP contribution in [0.1, 0.15) is 29.4 Å². The molecule has 0 radical (unpaired) electrons. The van der Waals surface area contributed by atoms with Crippen molar-refractivity contribution in [1.29, 1.82) is 0 Å². The molecule has 0 saturated carbocycles. The van der Waals surface area contributed by atoms with E-state index in [2.05, 4.69) is 10.2 Å². The molecule has 1 amide bonds. The van der Waals surface area contributed by atoms with E-state index in [1.807, 2.05) is 49.2 Å². The van der Waals surface area contributed by atoms with Crippen LogP contribution in [-0.2, 0) is 16.4 Å². The Morgan fingerprint density at radius 2 is 1.89 bits per heavy atom. The van der Waals surface area contributed by atoms with Crippen molar-refractivity contribution in [3.8, 4) is 0 Å². The van der Waals surface area contributed by atoms with Crippen LogP contribution < -0.4 is 4.90 Å². The Bertz CT molecular complexity index is 885. The van der Waals surface area contributed by atoms with Crippen LogP contribution in [0.4, 0.5) is 5.82 Å². The number of sulfone groups is 1. The van der Waals surface area contributed by atoms with Crippen molar-refractivity contribution in [1.82, 2.24) is 15.1 Å².